The second-order valence-corrected chi connectivity index (χ2v) is 7.13. The Labute approximate surface area is 118 Å². The second kappa shape index (κ2) is 7.46. The topological polar surface area (TPSA) is 37.8 Å². The molecule has 2 heterocycles. The van der Waals surface area contributed by atoms with Crippen molar-refractivity contribution in [3.63, 3.8) is 0 Å². The molecule has 1 unspecified atom stereocenters. The van der Waals surface area contributed by atoms with E-state index in [-0.39, 0.29) is 0 Å². The van der Waals surface area contributed by atoms with E-state index in [1.165, 1.54) is 34.4 Å². The van der Waals surface area contributed by atoms with E-state index in [0.717, 1.165) is 25.3 Å². The third kappa shape index (κ3) is 3.93. The first-order chi connectivity index (χ1) is 8.83. The van der Waals surface area contributed by atoms with Crippen LogP contribution in [0.5, 0.6) is 0 Å². The number of rotatable bonds is 6. The molecule has 2 rings (SSSR count). The van der Waals surface area contributed by atoms with Crippen molar-refractivity contribution in [1.29, 1.82) is 0 Å². The van der Waals surface area contributed by atoms with Crippen molar-refractivity contribution in [2.24, 2.45) is 5.92 Å². The maximum atomic E-state index is 4.38. The second-order valence-electron chi connectivity index (χ2n) is 4.81. The number of nitrogens with one attached hydrogen (secondary N) is 1. The molecule has 1 aromatic rings. The standard InChI is InChI=1S/C13H23N3S2/c1-3-11(14-4-2)13-16-15-12(18-13)9-10-5-7-17-8-6-10/h10-11,14H,3-9H2,1-2H3. The van der Waals surface area contributed by atoms with Gasteiger partial charge in [0.1, 0.15) is 10.0 Å². The van der Waals surface area contributed by atoms with Crippen LogP contribution in [0.2, 0.25) is 0 Å². The normalized spacial score (nSPS) is 19.0. The van der Waals surface area contributed by atoms with Crippen molar-refractivity contribution in [2.75, 3.05) is 18.1 Å². The van der Waals surface area contributed by atoms with Gasteiger partial charge in [0.05, 0.1) is 6.04 Å². The zero-order chi connectivity index (χ0) is 12.8. The first-order valence-corrected chi connectivity index (χ1v) is 8.94. The molecule has 0 aliphatic carbocycles. The molecule has 1 aromatic heterocycles. The molecule has 3 nitrogen and oxygen atoms in total. The molecule has 0 bridgehead atoms. The number of hydrogen-bond donors (Lipinski definition) is 1. The molecule has 0 aromatic carbocycles. The van der Waals surface area contributed by atoms with E-state index in [4.69, 9.17) is 0 Å². The fourth-order valence-electron chi connectivity index (χ4n) is 2.34. The quantitative estimate of drug-likeness (QED) is 0.870. The molecule has 1 atom stereocenters. The minimum absolute atomic E-state index is 0.392. The van der Waals surface area contributed by atoms with Gasteiger partial charge in [0.2, 0.25) is 0 Å². The van der Waals surface area contributed by atoms with Gasteiger partial charge in [-0.05, 0) is 43.2 Å². The summed E-state index contributed by atoms with van der Waals surface area (Å²) >= 11 is 3.89. The highest BCUT2D eigenvalue weighted by molar-refractivity contribution is 7.99. The summed E-state index contributed by atoms with van der Waals surface area (Å²) in [6.07, 6.45) is 4.93. The maximum absolute atomic E-state index is 4.38. The molecule has 1 N–H and O–H groups in total. The van der Waals surface area contributed by atoms with Gasteiger partial charge in [-0.15, -0.1) is 10.2 Å². The van der Waals surface area contributed by atoms with Crippen LogP contribution in [0.1, 0.15) is 49.2 Å². The molecule has 1 saturated heterocycles. The Kier molecular flexibility index (Phi) is 5.92. The van der Waals surface area contributed by atoms with Crippen LogP contribution in [-0.2, 0) is 6.42 Å². The molecule has 0 radical (unpaired) electrons. The van der Waals surface area contributed by atoms with Gasteiger partial charge in [-0.25, -0.2) is 0 Å². The van der Waals surface area contributed by atoms with Gasteiger partial charge in [-0.3, -0.25) is 0 Å². The van der Waals surface area contributed by atoms with E-state index in [1.807, 2.05) is 11.3 Å². The summed E-state index contributed by atoms with van der Waals surface area (Å²) in [6, 6.07) is 0.392. The molecule has 5 heteroatoms. The molecule has 18 heavy (non-hydrogen) atoms. The van der Waals surface area contributed by atoms with Gasteiger partial charge in [-0.2, -0.15) is 11.8 Å². The molecular weight excluding hydrogens is 262 g/mol. The summed E-state index contributed by atoms with van der Waals surface area (Å²) in [5.41, 5.74) is 0. The zero-order valence-electron chi connectivity index (χ0n) is 11.3. The van der Waals surface area contributed by atoms with Crippen LogP contribution in [0.15, 0.2) is 0 Å². The first-order valence-electron chi connectivity index (χ1n) is 6.96. The smallest absolute Gasteiger partial charge is 0.134 e. The van der Waals surface area contributed by atoms with Gasteiger partial charge in [0, 0.05) is 6.42 Å². The Morgan fingerprint density at radius 2 is 2.06 bits per heavy atom. The summed E-state index contributed by atoms with van der Waals surface area (Å²) in [6.45, 7) is 5.34. The molecule has 0 amide bonds. The van der Waals surface area contributed by atoms with Gasteiger partial charge in [0.25, 0.3) is 0 Å². The largest absolute Gasteiger partial charge is 0.308 e. The lowest BCUT2D eigenvalue weighted by Crippen LogP contribution is -2.19. The molecule has 1 aliphatic rings. The van der Waals surface area contributed by atoms with E-state index in [1.54, 1.807) is 0 Å². The molecule has 1 aliphatic heterocycles. The molecular formula is C13H23N3S2. The van der Waals surface area contributed by atoms with Crippen molar-refractivity contribution in [1.82, 2.24) is 15.5 Å². The van der Waals surface area contributed by atoms with Crippen LogP contribution < -0.4 is 5.32 Å². The van der Waals surface area contributed by atoms with Crippen molar-refractivity contribution >= 4 is 23.1 Å². The SMILES string of the molecule is CCNC(CC)c1nnc(CC2CCSCC2)s1. The summed E-state index contributed by atoms with van der Waals surface area (Å²) < 4.78 is 0. The highest BCUT2D eigenvalue weighted by Gasteiger charge is 2.18. The zero-order valence-corrected chi connectivity index (χ0v) is 12.9. The number of hydrogen-bond acceptors (Lipinski definition) is 5. The highest BCUT2D eigenvalue weighted by Crippen LogP contribution is 2.28. The monoisotopic (exact) mass is 285 g/mol. The predicted molar refractivity (Wildman–Crippen MR) is 80.4 cm³/mol. The van der Waals surface area contributed by atoms with E-state index >= 15 is 0 Å². The summed E-state index contributed by atoms with van der Waals surface area (Å²) in [5.74, 6) is 3.49. The van der Waals surface area contributed by atoms with Gasteiger partial charge < -0.3 is 5.32 Å². The predicted octanol–water partition coefficient (Wildman–Crippen LogP) is 3.28. The van der Waals surface area contributed by atoms with Crippen molar-refractivity contribution in [3.05, 3.63) is 10.0 Å². The Morgan fingerprint density at radius 3 is 2.72 bits per heavy atom. The van der Waals surface area contributed by atoms with Gasteiger partial charge >= 0.3 is 0 Å². The van der Waals surface area contributed by atoms with Crippen LogP contribution in [0.4, 0.5) is 0 Å². The minimum atomic E-state index is 0.392. The lowest BCUT2D eigenvalue weighted by Gasteiger charge is -2.19. The van der Waals surface area contributed by atoms with Crippen LogP contribution in [0.3, 0.4) is 0 Å². The average molecular weight is 285 g/mol. The van der Waals surface area contributed by atoms with E-state index < -0.39 is 0 Å². The van der Waals surface area contributed by atoms with E-state index in [9.17, 15) is 0 Å². The Hall–Kier alpha value is -0.130. The molecule has 0 saturated carbocycles. The summed E-state index contributed by atoms with van der Waals surface area (Å²) in [4.78, 5) is 0. The van der Waals surface area contributed by atoms with Crippen LogP contribution in [0, 0.1) is 5.92 Å². The maximum Gasteiger partial charge on any atom is 0.134 e. The van der Waals surface area contributed by atoms with Crippen molar-refractivity contribution < 1.29 is 0 Å². The molecule has 0 spiro atoms. The Balaban J connectivity index is 1.92. The summed E-state index contributed by atoms with van der Waals surface area (Å²) in [5, 5.41) is 14.6. The van der Waals surface area contributed by atoms with Gasteiger partial charge in [-0.1, -0.05) is 25.2 Å². The highest BCUT2D eigenvalue weighted by atomic mass is 32.2. The molecule has 102 valence electrons. The van der Waals surface area contributed by atoms with Crippen LogP contribution in [0.25, 0.3) is 0 Å². The number of aromatic nitrogens is 2. The average Bonchev–Trinajstić information content (AvgIpc) is 2.85. The van der Waals surface area contributed by atoms with E-state index in [0.29, 0.717) is 6.04 Å². The fourth-order valence-corrected chi connectivity index (χ4v) is 4.66. The summed E-state index contributed by atoms with van der Waals surface area (Å²) in [7, 11) is 0. The Bertz CT molecular complexity index is 348. The minimum Gasteiger partial charge on any atom is -0.308 e. The lowest BCUT2D eigenvalue weighted by atomic mass is 9.99. The lowest BCUT2D eigenvalue weighted by molar-refractivity contribution is 0.485. The third-order valence-corrected chi connectivity index (χ3v) is 5.55. The van der Waals surface area contributed by atoms with Crippen LogP contribution >= 0.6 is 23.1 Å². The van der Waals surface area contributed by atoms with Gasteiger partial charge in [0.15, 0.2) is 0 Å². The van der Waals surface area contributed by atoms with Crippen LogP contribution in [-0.4, -0.2) is 28.2 Å². The van der Waals surface area contributed by atoms with E-state index in [2.05, 4.69) is 41.1 Å². The fraction of sp³-hybridized carbons (Fsp3) is 0.846. The van der Waals surface area contributed by atoms with Crippen molar-refractivity contribution in [3.8, 4) is 0 Å². The number of thioether (sulfide) groups is 1. The van der Waals surface area contributed by atoms with Crippen molar-refractivity contribution in [2.45, 2.75) is 45.6 Å². The third-order valence-electron chi connectivity index (χ3n) is 3.44. The molecule has 1 fully saturated rings. The first kappa shape index (κ1) is 14.3. The Morgan fingerprint density at radius 1 is 1.28 bits per heavy atom. The number of nitrogens with zero attached hydrogens (tertiary/aromatic N) is 2.